The minimum atomic E-state index is 0.0173. The van der Waals surface area contributed by atoms with Gasteiger partial charge in [-0.15, -0.1) is 0 Å². The summed E-state index contributed by atoms with van der Waals surface area (Å²) < 4.78 is 0. The van der Waals surface area contributed by atoms with Gasteiger partial charge in [-0.05, 0) is 37.3 Å². The van der Waals surface area contributed by atoms with Crippen LogP contribution < -0.4 is 5.32 Å². The molecule has 0 aromatic heterocycles. The third-order valence-electron chi connectivity index (χ3n) is 4.66. The predicted molar refractivity (Wildman–Crippen MR) is 81.9 cm³/mol. The van der Waals surface area contributed by atoms with Crippen LogP contribution in [0.15, 0.2) is 24.3 Å². The summed E-state index contributed by atoms with van der Waals surface area (Å²) in [4.78, 5) is 15.1. The summed E-state index contributed by atoms with van der Waals surface area (Å²) in [5.41, 5.74) is 2.31. The molecule has 2 unspecified atom stereocenters. The van der Waals surface area contributed by atoms with Crippen LogP contribution in [0.5, 0.6) is 0 Å². The van der Waals surface area contributed by atoms with Crippen molar-refractivity contribution in [2.75, 3.05) is 18.4 Å². The Morgan fingerprint density at radius 2 is 2.20 bits per heavy atom. The normalized spacial score (nSPS) is 25.1. The molecule has 2 aliphatic rings. The molecule has 1 aromatic rings. The molecule has 3 nitrogen and oxygen atoms in total. The van der Waals surface area contributed by atoms with Crippen molar-refractivity contribution in [1.82, 2.24) is 4.90 Å². The lowest BCUT2D eigenvalue weighted by Gasteiger charge is -2.37. The van der Waals surface area contributed by atoms with E-state index in [1.54, 1.807) is 0 Å². The molecular formula is C17H24N2O. The lowest BCUT2D eigenvalue weighted by atomic mass is 9.94. The molecule has 2 atom stereocenters. The van der Waals surface area contributed by atoms with Gasteiger partial charge in [0, 0.05) is 24.8 Å². The summed E-state index contributed by atoms with van der Waals surface area (Å²) in [6.07, 6.45) is 5.92. The van der Waals surface area contributed by atoms with Crippen molar-refractivity contribution in [3.8, 4) is 0 Å². The summed E-state index contributed by atoms with van der Waals surface area (Å²) in [6, 6.07) is 8.69. The maximum Gasteiger partial charge on any atom is 0.232 e. The van der Waals surface area contributed by atoms with E-state index in [4.69, 9.17) is 0 Å². The summed E-state index contributed by atoms with van der Waals surface area (Å²) in [5, 5.41) is 3.37. The monoisotopic (exact) mass is 272 g/mol. The maximum absolute atomic E-state index is 12.9. The number of nitrogens with zero attached hydrogens (tertiary/aromatic N) is 1. The molecular weight excluding hydrogens is 248 g/mol. The summed E-state index contributed by atoms with van der Waals surface area (Å²) in [7, 11) is 0. The third kappa shape index (κ3) is 2.41. The molecule has 20 heavy (non-hydrogen) atoms. The van der Waals surface area contributed by atoms with Gasteiger partial charge in [0.25, 0.3) is 0 Å². The van der Waals surface area contributed by atoms with E-state index in [-0.39, 0.29) is 5.92 Å². The van der Waals surface area contributed by atoms with Gasteiger partial charge in [-0.1, -0.05) is 31.5 Å². The van der Waals surface area contributed by atoms with E-state index in [9.17, 15) is 4.79 Å². The Morgan fingerprint density at radius 1 is 1.35 bits per heavy atom. The number of carbonyl (C=O) groups excluding carboxylic acids is 1. The van der Waals surface area contributed by atoms with Gasteiger partial charge in [0.05, 0.1) is 5.92 Å². The zero-order valence-corrected chi connectivity index (χ0v) is 12.3. The van der Waals surface area contributed by atoms with Crippen LogP contribution in [0, 0.1) is 0 Å². The van der Waals surface area contributed by atoms with E-state index < -0.39 is 0 Å². The molecule has 3 heteroatoms. The molecule has 1 aromatic carbocycles. The van der Waals surface area contributed by atoms with Gasteiger partial charge in [0.15, 0.2) is 0 Å². The number of benzene rings is 1. The van der Waals surface area contributed by atoms with Crippen LogP contribution >= 0.6 is 0 Å². The molecule has 108 valence electrons. The molecule has 1 N–H and O–H groups in total. The van der Waals surface area contributed by atoms with Crippen LogP contribution in [0.3, 0.4) is 0 Å². The number of amides is 1. The van der Waals surface area contributed by atoms with E-state index in [0.717, 1.165) is 38.0 Å². The molecule has 1 saturated heterocycles. The van der Waals surface area contributed by atoms with Gasteiger partial charge in [-0.3, -0.25) is 4.79 Å². The molecule has 1 fully saturated rings. The predicted octanol–water partition coefficient (Wildman–Crippen LogP) is 3.38. The number of likely N-dealkylation sites (tertiary alicyclic amines) is 1. The Labute approximate surface area is 121 Å². The van der Waals surface area contributed by atoms with Gasteiger partial charge in [-0.2, -0.15) is 0 Å². The fraction of sp³-hybridized carbons (Fsp3) is 0.588. The first kappa shape index (κ1) is 13.5. The van der Waals surface area contributed by atoms with E-state index in [2.05, 4.69) is 29.3 Å². The number of piperidine rings is 1. The van der Waals surface area contributed by atoms with E-state index in [0.29, 0.717) is 11.9 Å². The van der Waals surface area contributed by atoms with Crippen molar-refractivity contribution in [2.45, 2.75) is 51.0 Å². The van der Waals surface area contributed by atoms with E-state index >= 15 is 0 Å². The Balaban J connectivity index is 1.78. The molecule has 0 bridgehead atoms. The number of carbonyl (C=O) groups is 1. The van der Waals surface area contributed by atoms with E-state index in [1.165, 1.54) is 18.4 Å². The van der Waals surface area contributed by atoms with Crippen LogP contribution in [0.1, 0.15) is 50.5 Å². The first-order valence-corrected chi connectivity index (χ1v) is 7.94. The minimum absolute atomic E-state index is 0.0173. The standard InChI is InChI=1S/C17H24N2O/c1-2-7-13-8-5-6-11-19(13)17(20)15-12-18-16-10-4-3-9-14(15)16/h3-4,9-10,13,15,18H,2,5-8,11-12H2,1H3. The van der Waals surface area contributed by atoms with Crippen LogP contribution in [0.2, 0.25) is 0 Å². The zero-order chi connectivity index (χ0) is 13.9. The molecule has 2 heterocycles. The first-order valence-electron chi connectivity index (χ1n) is 7.94. The smallest absolute Gasteiger partial charge is 0.232 e. The second-order valence-electron chi connectivity index (χ2n) is 5.99. The molecule has 0 aliphatic carbocycles. The molecule has 0 saturated carbocycles. The quantitative estimate of drug-likeness (QED) is 0.915. The number of para-hydroxylation sites is 1. The molecule has 0 spiro atoms. The van der Waals surface area contributed by atoms with Crippen molar-refractivity contribution in [1.29, 1.82) is 0 Å². The zero-order valence-electron chi connectivity index (χ0n) is 12.3. The van der Waals surface area contributed by atoms with Gasteiger partial charge >= 0.3 is 0 Å². The second kappa shape index (κ2) is 5.86. The first-order chi connectivity index (χ1) is 9.81. The lowest BCUT2D eigenvalue weighted by Crippen LogP contribution is -2.46. The Bertz CT molecular complexity index is 484. The summed E-state index contributed by atoms with van der Waals surface area (Å²) in [6.45, 7) is 3.92. The third-order valence-corrected chi connectivity index (χ3v) is 4.66. The van der Waals surface area contributed by atoms with Gasteiger partial charge in [-0.25, -0.2) is 0 Å². The molecule has 1 amide bonds. The van der Waals surface area contributed by atoms with Crippen molar-refractivity contribution in [3.05, 3.63) is 29.8 Å². The van der Waals surface area contributed by atoms with Crippen LogP contribution in [0.4, 0.5) is 5.69 Å². The van der Waals surface area contributed by atoms with E-state index in [1.807, 2.05) is 12.1 Å². The van der Waals surface area contributed by atoms with Crippen LogP contribution in [-0.2, 0) is 4.79 Å². The molecule has 0 radical (unpaired) electrons. The van der Waals surface area contributed by atoms with Crippen molar-refractivity contribution in [2.24, 2.45) is 0 Å². The lowest BCUT2D eigenvalue weighted by molar-refractivity contribution is -0.136. The van der Waals surface area contributed by atoms with Gasteiger partial charge < -0.3 is 10.2 Å². The van der Waals surface area contributed by atoms with Crippen molar-refractivity contribution in [3.63, 3.8) is 0 Å². The topological polar surface area (TPSA) is 32.3 Å². The van der Waals surface area contributed by atoms with Crippen LogP contribution in [-0.4, -0.2) is 29.9 Å². The highest BCUT2D eigenvalue weighted by Gasteiger charge is 2.35. The number of fused-ring (bicyclic) bond motifs is 1. The van der Waals surface area contributed by atoms with Crippen LogP contribution in [0.25, 0.3) is 0 Å². The highest BCUT2D eigenvalue weighted by atomic mass is 16.2. The largest absolute Gasteiger partial charge is 0.384 e. The number of anilines is 1. The molecule has 3 rings (SSSR count). The van der Waals surface area contributed by atoms with Crippen molar-refractivity contribution < 1.29 is 4.79 Å². The SMILES string of the molecule is CCCC1CCCCN1C(=O)C1CNc2ccccc21. The fourth-order valence-corrected chi connectivity index (χ4v) is 3.63. The van der Waals surface area contributed by atoms with Gasteiger partial charge in [0.2, 0.25) is 5.91 Å². The number of rotatable bonds is 3. The molecule has 2 aliphatic heterocycles. The summed E-state index contributed by atoms with van der Waals surface area (Å²) >= 11 is 0. The second-order valence-corrected chi connectivity index (χ2v) is 5.99. The number of hydrogen-bond acceptors (Lipinski definition) is 2. The Kier molecular flexibility index (Phi) is 3.95. The fourth-order valence-electron chi connectivity index (χ4n) is 3.63. The highest BCUT2D eigenvalue weighted by molar-refractivity contribution is 5.88. The number of hydrogen-bond donors (Lipinski definition) is 1. The average Bonchev–Trinajstić information content (AvgIpc) is 2.91. The average molecular weight is 272 g/mol. The Morgan fingerprint density at radius 3 is 3.05 bits per heavy atom. The Hall–Kier alpha value is -1.51. The number of nitrogens with one attached hydrogen (secondary N) is 1. The highest BCUT2D eigenvalue weighted by Crippen LogP contribution is 2.34. The summed E-state index contributed by atoms with van der Waals surface area (Å²) in [5.74, 6) is 0.351. The minimum Gasteiger partial charge on any atom is -0.384 e. The maximum atomic E-state index is 12.9. The van der Waals surface area contributed by atoms with Crippen molar-refractivity contribution >= 4 is 11.6 Å². The van der Waals surface area contributed by atoms with Gasteiger partial charge in [0.1, 0.15) is 0 Å².